The Hall–Kier alpha value is -1.42. The highest BCUT2D eigenvalue weighted by Crippen LogP contribution is 2.08. The highest BCUT2D eigenvalue weighted by Gasteiger charge is 2.03. The zero-order chi connectivity index (χ0) is 10.7. The minimum absolute atomic E-state index is 0.914. The van der Waals surface area contributed by atoms with Crippen LogP contribution in [0.25, 0.3) is 5.65 Å². The van der Waals surface area contributed by atoms with Crippen LogP contribution >= 0.6 is 0 Å². The Kier molecular flexibility index (Phi) is 2.97. The number of likely N-dealkylation sites (N-methyl/N-ethyl adjacent to an activating group) is 1. The van der Waals surface area contributed by atoms with Crippen molar-refractivity contribution in [1.82, 2.24) is 19.9 Å². The topological polar surface area (TPSA) is 42.2 Å². The molecule has 0 aliphatic heterocycles. The van der Waals surface area contributed by atoms with Gasteiger partial charge in [-0.25, -0.2) is 0 Å². The Balaban J connectivity index is 2.31. The summed E-state index contributed by atoms with van der Waals surface area (Å²) in [7, 11) is 1.96. The average molecular weight is 204 g/mol. The molecule has 0 fully saturated rings. The minimum atomic E-state index is 0.914. The molecule has 15 heavy (non-hydrogen) atoms. The lowest BCUT2D eigenvalue weighted by Crippen LogP contribution is -2.10. The van der Waals surface area contributed by atoms with Crippen molar-refractivity contribution < 1.29 is 0 Å². The first-order chi connectivity index (χ1) is 7.35. The maximum absolute atomic E-state index is 4.15. The van der Waals surface area contributed by atoms with E-state index in [1.54, 1.807) is 0 Å². The predicted octanol–water partition coefficient (Wildman–Crippen LogP) is 1.05. The monoisotopic (exact) mass is 204 g/mol. The summed E-state index contributed by atoms with van der Waals surface area (Å²) in [5.74, 6) is 1.02. The fourth-order valence-corrected chi connectivity index (χ4v) is 1.65. The van der Waals surface area contributed by atoms with E-state index in [-0.39, 0.29) is 0 Å². The number of fused-ring (bicyclic) bond motifs is 1. The summed E-state index contributed by atoms with van der Waals surface area (Å²) in [4.78, 5) is 0. The lowest BCUT2D eigenvalue weighted by molar-refractivity contribution is 0.790. The van der Waals surface area contributed by atoms with Gasteiger partial charge in [0.1, 0.15) is 5.82 Å². The first-order valence-electron chi connectivity index (χ1n) is 5.32. The first-order valence-corrected chi connectivity index (χ1v) is 5.32. The molecule has 0 unspecified atom stereocenters. The minimum Gasteiger partial charge on any atom is -0.319 e. The quantitative estimate of drug-likeness (QED) is 0.809. The van der Waals surface area contributed by atoms with Crippen molar-refractivity contribution in [2.45, 2.75) is 19.8 Å². The molecule has 0 saturated carbocycles. The second-order valence-corrected chi connectivity index (χ2v) is 3.59. The van der Waals surface area contributed by atoms with Gasteiger partial charge in [0.05, 0.1) is 0 Å². The van der Waals surface area contributed by atoms with Gasteiger partial charge in [-0.3, -0.25) is 4.40 Å². The molecule has 2 heterocycles. The number of pyridine rings is 1. The lowest BCUT2D eigenvalue weighted by atomic mass is 10.2. The smallest absolute Gasteiger partial charge is 0.161 e. The standard InChI is InChI=1S/C11H16N4/c1-3-10-13-14-11-8-9(4-6-12-2)5-7-15(10)11/h5,7-8,12H,3-4,6H2,1-2H3. The number of hydrogen-bond donors (Lipinski definition) is 1. The molecular formula is C11H16N4. The summed E-state index contributed by atoms with van der Waals surface area (Å²) in [6, 6.07) is 4.23. The van der Waals surface area contributed by atoms with Gasteiger partial charge in [-0.2, -0.15) is 0 Å². The number of nitrogens with one attached hydrogen (secondary N) is 1. The maximum Gasteiger partial charge on any atom is 0.161 e. The van der Waals surface area contributed by atoms with Crippen molar-refractivity contribution in [3.8, 4) is 0 Å². The summed E-state index contributed by atoms with van der Waals surface area (Å²) >= 11 is 0. The summed E-state index contributed by atoms with van der Waals surface area (Å²) in [6.07, 6.45) is 4.00. The Morgan fingerprint density at radius 2 is 2.27 bits per heavy atom. The molecule has 2 rings (SSSR count). The number of aromatic nitrogens is 3. The van der Waals surface area contributed by atoms with E-state index < -0.39 is 0 Å². The molecule has 4 heteroatoms. The van der Waals surface area contributed by atoms with Crippen LogP contribution in [0.1, 0.15) is 18.3 Å². The predicted molar refractivity (Wildman–Crippen MR) is 60.0 cm³/mol. The molecule has 0 radical (unpaired) electrons. The van der Waals surface area contributed by atoms with E-state index in [1.165, 1.54) is 5.56 Å². The molecule has 4 nitrogen and oxygen atoms in total. The third-order valence-corrected chi connectivity index (χ3v) is 2.52. The van der Waals surface area contributed by atoms with E-state index >= 15 is 0 Å². The molecule has 0 atom stereocenters. The van der Waals surface area contributed by atoms with Crippen molar-refractivity contribution in [2.75, 3.05) is 13.6 Å². The number of nitrogens with zero attached hydrogens (tertiary/aromatic N) is 3. The SMILES string of the molecule is CCc1nnc2cc(CCNC)ccn12. The molecule has 2 aromatic heterocycles. The molecule has 1 N–H and O–H groups in total. The van der Waals surface area contributed by atoms with Gasteiger partial charge in [0.15, 0.2) is 5.65 Å². The van der Waals surface area contributed by atoms with Crippen LogP contribution < -0.4 is 5.32 Å². The van der Waals surface area contributed by atoms with Crippen LogP contribution in [0.4, 0.5) is 0 Å². The molecule has 80 valence electrons. The van der Waals surface area contributed by atoms with Crippen LogP contribution in [-0.4, -0.2) is 28.2 Å². The van der Waals surface area contributed by atoms with Crippen molar-refractivity contribution in [3.05, 3.63) is 29.7 Å². The number of rotatable bonds is 4. The molecule has 0 aromatic carbocycles. The summed E-state index contributed by atoms with van der Waals surface area (Å²) in [5.41, 5.74) is 2.24. The summed E-state index contributed by atoms with van der Waals surface area (Å²) in [5, 5.41) is 11.4. The molecule has 0 bridgehead atoms. The highest BCUT2D eigenvalue weighted by atomic mass is 15.2. The van der Waals surface area contributed by atoms with Gasteiger partial charge in [-0.15, -0.1) is 10.2 Å². The summed E-state index contributed by atoms with van der Waals surface area (Å²) < 4.78 is 2.04. The van der Waals surface area contributed by atoms with Gasteiger partial charge in [0.2, 0.25) is 0 Å². The molecule has 0 spiro atoms. The Bertz CT molecular complexity index is 447. The van der Waals surface area contributed by atoms with Crippen LogP contribution in [0.2, 0.25) is 0 Å². The molecule has 2 aromatic rings. The average Bonchev–Trinajstić information content (AvgIpc) is 2.68. The first kappa shape index (κ1) is 10.1. The van der Waals surface area contributed by atoms with Gasteiger partial charge in [0, 0.05) is 12.6 Å². The molecule has 0 amide bonds. The van der Waals surface area contributed by atoms with Crippen LogP contribution in [0.15, 0.2) is 18.3 Å². The molecule has 0 saturated heterocycles. The Labute approximate surface area is 89.3 Å². The number of hydrogen-bond acceptors (Lipinski definition) is 3. The van der Waals surface area contributed by atoms with Crippen molar-refractivity contribution in [2.24, 2.45) is 0 Å². The van der Waals surface area contributed by atoms with E-state index in [1.807, 2.05) is 11.4 Å². The normalized spacial score (nSPS) is 11.1. The van der Waals surface area contributed by atoms with E-state index in [9.17, 15) is 0 Å². The van der Waals surface area contributed by atoms with E-state index in [4.69, 9.17) is 0 Å². The van der Waals surface area contributed by atoms with E-state index in [0.717, 1.165) is 30.9 Å². The fourth-order valence-electron chi connectivity index (χ4n) is 1.65. The van der Waals surface area contributed by atoms with Gasteiger partial charge < -0.3 is 5.32 Å². The number of aryl methyl sites for hydroxylation is 1. The molecular weight excluding hydrogens is 188 g/mol. The van der Waals surface area contributed by atoms with Crippen LogP contribution in [0, 0.1) is 0 Å². The van der Waals surface area contributed by atoms with Gasteiger partial charge in [0.25, 0.3) is 0 Å². The zero-order valence-corrected chi connectivity index (χ0v) is 9.20. The van der Waals surface area contributed by atoms with Crippen molar-refractivity contribution >= 4 is 5.65 Å². The van der Waals surface area contributed by atoms with Gasteiger partial charge >= 0.3 is 0 Å². The van der Waals surface area contributed by atoms with Crippen molar-refractivity contribution in [3.63, 3.8) is 0 Å². The van der Waals surface area contributed by atoms with Gasteiger partial charge in [-0.05, 0) is 37.7 Å². The third kappa shape index (κ3) is 1.99. The maximum atomic E-state index is 4.15. The Morgan fingerprint density at radius 3 is 3.00 bits per heavy atom. The molecule has 0 aliphatic carbocycles. The third-order valence-electron chi connectivity index (χ3n) is 2.52. The van der Waals surface area contributed by atoms with Crippen LogP contribution in [0.3, 0.4) is 0 Å². The fraction of sp³-hybridized carbons (Fsp3) is 0.455. The molecule has 0 aliphatic rings. The lowest BCUT2D eigenvalue weighted by Gasteiger charge is -2.01. The second kappa shape index (κ2) is 4.40. The zero-order valence-electron chi connectivity index (χ0n) is 9.20. The second-order valence-electron chi connectivity index (χ2n) is 3.59. The van der Waals surface area contributed by atoms with Gasteiger partial charge in [-0.1, -0.05) is 6.92 Å². The summed E-state index contributed by atoms with van der Waals surface area (Å²) in [6.45, 7) is 3.08. The van der Waals surface area contributed by atoms with Crippen LogP contribution in [-0.2, 0) is 12.8 Å². The van der Waals surface area contributed by atoms with Crippen molar-refractivity contribution in [1.29, 1.82) is 0 Å². The van der Waals surface area contributed by atoms with E-state index in [0.29, 0.717) is 0 Å². The van der Waals surface area contributed by atoms with E-state index in [2.05, 4.69) is 40.8 Å². The largest absolute Gasteiger partial charge is 0.319 e. The van der Waals surface area contributed by atoms with Crippen LogP contribution in [0.5, 0.6) is 0 Å². The Morgan fingerprint density at radius 1 is 1.40 bits per heavy atom. The highest BCUT2D eigenvalue weighted by molar-refractivity contribution is 5.41.